The predicted octanol–water partition coefficient (Wildman–Crippen LogP) is 1.85. The zero-order valence-corrected chi connectivity index (χ0v) is 11.9. The number of nitrogen functional groups attached to an aromatic ring is 1. The molecule has 2 aromatic rings. The van der Waals surface area contributed by atoms with Crippen LogP contribution >= 0.6 is 0 Å². The molecule has 4 heteroatoms. The quantitative estimate of drug-likeness (QED) is 0.511. The summed E-state index contributed by atoms with van der Waals surface area (Å²) in [5.41, 5.74) is 6.69. The first-order valence-corrected chi connectivity index (χ1v) is 7.15. The highest BCUT2D eigenvalue weighted by Gasteiger charge is 2.19. The van der Waals surface area contributed by atoms with E-state index in [4.69, 9.17) is 5.84 Å². The molecule has 3 N–H and O–H groups in total. The molecular weight excluding hydrogens is 262 g/mol. The van der Waals surface area contributed by atoms with Crippen LogP contribution in [0.15, 0.2) is 48.5 Å². The van der Waals surface area contributed by atoms with Gasteiger partial charge in [0, 0.05) is 25.2 Å². The summed E-state index contributed by atoms with van der Waals surface area (Å²) >= 11 is 0. The molecule has 0 fully saturated rings. The second-order valence-corrected chi connectivity index (χ2v) is 5.40. The van der Waals surface area contributed by atoms with Crippen LogP contribution in [0.2, 0.25) is 0 Å². The van der Waals surface area contributed by atoms with Gasteiger partial charge in [-0.2, -0.15) is 0 Å². The standard InChI is InChI=1S/C17H19N3O/c18-19-17(21)14-6-7-15-11-20(12-16(15)10-14)9-8-13-4-2-1-3-5-13/h1-7,10H,8-9,11-12,18H2,(H,19,21). The molecule has 108 valence electrons. The van der Waals surface area contributed by atoms with Crippen LogP contribution in [0.1, 0.15) is 27.0 Å². The van der Waals surface area contributed by atoms with Gasteiger partial charge in [0.15, 0.2) is 0 Å². The molecule has 3 rings (SSSR count). The molecule has 0 aliphatic carbocycles. The average Bonchev–Trinajstić information content (AvgIpc) is 2.95. The van der Waals surface area contributed by atoms with Crippen LogP contribution in [-0.4, -0.2) is 17.4 Å². The molecule has 1 aliphatic rings. The van der Waals surface area contributed by atoms with E-state index in [-0.39, 0.29) is 5.91 Å². The number of hydrogen-bond acceptors (Lipinski definition) is 3. The highest BCUT2D eigenvalue weighted by atomic mass is 16.2. The highest BCUT2D eigenvalue weighted by Crippen LogP contribution is 2.24. The van der Waals surface area contributed by atoms with Crippen molar-refractivity contribution in [1.82, 2.24) is 10.3 Å². The second kappa shape index (κ2) is 6.08. The third-order valence-electron chi connectivity index (χ3n) is 3.95. The Balaban J connectivity index is 1.63. The van der Waals surface area contributed by atoms with E-state index >= 15 is 0 Å². The summed E-state index contributed by atoms with van der Waals surface area (Å²) in [6.45, 7) is 2.87. The molecular formula is C17H19N3O. The lowest BCUT2D eigenvalue weighted by Crippen LogP contribution is -2.30. The zero-order chi connectivity index (χ0) is 14.7. The van der Waals surface area contributed by atoms with Crippen LogP contribution in [0.3, 0.4) is 0 Å². The fourth-order valence-corrected chi connectivity index (χ4v) is 2.78. The number of nitrogens with zero attached hydrogens (tertiary/aromatic N) is 1. The molecule has 1 heterocycles. The third-order valence-corrected chi connectivity index (χ3v) is 3.95. The Morgan fingerprint density at radius 1 is 1.10 bits per heavy atom. The van der Waals surface area contributed by atoms with Crippen LogP contribution in [0.5, 0.6) is 0 Å². The Hall–Kier alpha value is -2.17. The number of nitrogens with two attached hydrogens (primary N) is 1. The minimum atomic E-state index is -0.236. The van der Waals surface area contributed by atoms with Gasteiger partial charge in [-0.1, -0.05) is 36.4 Å². The van der Waals surface area contributed by atoms with Crippen LogP contribution < -0.4 is 11.3 Å². The maximum Gasteiger partial charge on any atom is 0.265 e. The number of rotatable bonds is 4. The third kappa shape index (κ3) is 3.12. The number of nitrogens with one attached hydrogen (secondary N) is 1. The Kier molecular flexibility index (Phi) is 3.99. The van der Waals surface area contributed by atoms with Crippen LogP contribution in [0.4, 0.5) is 0 Å². The number of fused-ring (bicyclic) bond motifs is 1. The maximum atomic E-state index is 11.6. The fourth-order valence-electron chi connectivity index (χ4n) is 2.78. The smallest absolute Gasteiger partial charge is 0.265 e. The summed E-state index contributed by atoms with van der Waals surface area (Å²) in [6, 6.07) is 16.3. The molecule has 0 radical (unpaired) electrons. The Labute approximate surface area is 124 Å². The van der Waals surface area contributed by atoms with Crippen molar-refractivity contribution in [2.75, 3.05) is 6.54 Å². The van der Waals surface area contributed by atoms with Gasteiger partial charge in [-0.15, -0.1) is 0 Å². The Bertz CT molecular complexity index is 640. The lowest BCUT2D eigenvalue weighted by atomic mass is 10.1. The van der Waals surface area contributed by atoms with E-state index in [0.29, 0.717) is 5.56 Å². The van der Waals surface area contributed by atoms with Gasteiger partial charge in [0.05, 0.1) is 0 Å². The van der Waals surface area contributed by atoms with E-state index in [1.165, 1.54) is 16.7 Å². The van der Waals surface area contributed by atoms with E-state index in [0.717, 1.165) is 26.1 Å². The fraction of sp³-hybridized carbons (Fsp3) is 0.235. The topological polar surface area (TPSA) is 58.4 Å². The predicted molar refractivity (Wildman–Crippen MR) is 82.4 cm³/mol. The van der Waals surface area contributed by atoms with Gasteiger partial charge in [-0.3, -0.25) is 15.1 Å². The minimum absolute atomic E-state index is 0.236. The van der Waals surface area contributed by atoms with Gasteiger partial charge in [-0.05, 0) is 35.2 Å². The lowest BCUT2D eigenvalue weighted by Gasteiger charge is -2.14. The average molecular weight is 281 g/mol. The molecule has 0 aromatic heterocycles. The molecule has 4 nitrogen and oxygen atoms in total. The summed E-state index contributed by atoms with van der Waals surface area (Å²) in [7, 11) is 0. The van der Waals surface area contributed by atoms with Crippen LogP contribution in [-0.2, 0) is 19.5 Å². The van der Waals surface area contributed by atoms with Gasteiger partial charge in [0.25, 0.3) is 5.91 Å². The van der Waals surface area contributed by atoms with Crippen LogP contribution in [0, 0.1) is 0 Å². The SMILES string of the molecule is NNC(=O)c1ccc2c(c1)CN(CCc1ccccc1)C2. The minimum Gasteiger partial charge on any atom is -0.294 e. The number of carbonyl (C=O) groups excluding carboxylic acids is 1. The van der Waals surface area contributed by atoms with Crippen molar-refractivity contribution in [3.63, 3.8) is 0 Å². The van der Waals surface area contributed by atoms with Gasteiger partial charge in [0.1, 0.15) is 0 Å². The molecule has 1 aliphatic heterocycles. The molecule has 1 amide bonds. The van der Waals surface area contributed by atoms with E-state index in [9.17, 15) is 4.79 Å². The molecule has 0 atom stereocenters. The molecule has 0 unspecified atom stereocenters. The molecule has 0 bridgehead atoms. The van der Waals surface area contributed by atoms with Gasteiger partial charge in [0.2, 0.25) is 0 Å². The first-order chi connectivity index (χ1) is 10.3. The first kappa shape index (κ1) is 13.8. The van der Waals surface area contributed by atoms with Crippen molar-refractivity contribution in [3.8, 4) is 0 Å². The largest absolute Gasteiger partial charge is 0.294 e. The zero-order valence-electron chi connectivity index (χ0n) is 11.9. The highest BCUT2D eigenvalue weighted by molar-refractivity contribution is 5.94. The van der Waals surface area contributed by atoms with Crippen molar-refractivity contribution in [2.24, 2.45) is 5.84 Å². The molecule has 0 saturated heterocycles. The number of amides is 1. The maximum absolute atomic E-state index is 11.6. The van der Waals surface area contributed by atoms with Crippen molar-refractivity contribution in [2.45, 2.75) is 19.5 Å². The van der Waals surface area contributed by atoms with E-state index in [1.807, 2.05) is 24.3 Å². The van der Waals surface area contributed by atoms with Crippen molar-refractivity contribution in [3.05, 3.63) is 70.8 Å². The number of hydrogen-bond donors (Lipinski definition) is 2. The normalized spacial score (nSPS) is 14.0. The Morgan fingerprint density at radius 3 is 2.62 bits per heavy atom. The van der Waals surface area contributed by atoms with Crippen molar-refractivity contribution < 1.29 is 4.79 Å². The summed E-state index contributed by atoms with van der Waals surface area (Å²) in [5, 5.41) is 0. The van der Waals surface area contributed by atoms with E-state index in [2.05, 4.69) is 34.6 Å². The Morgan fingerprint density at radius 2 is 1.86 bits per heavy atom. The lowest BCUT2D eigenvalue weighted by molar-refractivity contribution is 0.0953. The molecule has 0 spiro atoms. The van der Waals surface area contributed by atoms with Gasteiger partial charge < -0.3 is 0 Å². The molecule has 2 aromatic carbocycles. The summed E-state index contributed by atoms with van der Waals surface area (Å²) in [4.78, 5) is 14.0. The van der Waals surface area contributed by atoms with Crippen molar-refractivity contribution >= 4 is 5.91 Å². The summed E-state index contributed by atoms with van der Waals surface area (Å²) in [6.07, 6.45) is 1.05. The number of benzene rings is 2. The second-order valence-electron chi connectivity index (χ2n) is 5.40. The first-order valence-electron chi connectivity index (χ1n) is 7.15. The van der Waals surface area contributed by atoms with Crippen LogP contribution in [0.25, 0.3) is 0 Å². The monoisotopic (exact) mass is 281 g/mol. The summed E-state index contributed by atoms with van der Waals surface area (Å²) < 4.78 is 0. The number of hydrazine groups is 1. The van der Waals surface area contributed by atoms with E-state index < -0.39 is 0 Å². The molecule has 0 saturated carbocycles. The van der Waals surface area contributed by atoms with Gasteiger partial charge in [-0.25, -0.2) is 5.84 Å². The summed E-state index contributed by atoms with van der Waals surface area (Å²) in [5.74, 6) is 4.94. The van der Waals surface area contributed by atoms with Crippen molar-refractivity contribution in [1.29, 1.82) is 0 Å². The number of carbonyl (C=O) groups is 1. The molecule has 21 heavy (non-hydrogen) atoms. The van der Waals surface area contributed by atoms with Gasteiger partial charge >= 0.3 is 0 Å². The van der Waals surface area contributed by atoms with E-state index in [1.54, 1.807) is 0 Å².